The van der Waals surface area contributed by atoms with E-state index in [1.807, 2.05) is 0 Å². The lowest BCUT2D eigenvalue weighted by molar-refractivity contribution is 0.273. The third kappa shape index (κ3) is 2.72. The van der Waals surface area contributed by atoms with Gasteiger partial charge in [-0.2, -0.15) is 0 Å². The molecule has 2 aromatic rings. The van der Waals surface area contributed by atoms with E-state index in [1.54, 1.807) is 0 Å². The Kier molecular flexibility index (Phi) is 3.77. The van der Waals surface area contributed by atoms with Crippen LogP contribution < -0.4 is 4.74 Å². The predicted molar refractivity (Wildman–Crippen MR) is 83.5 cm³/mol. The molecule has 1 aliphatic carbocycles. The van der Waals surface area contributed by atoms with E-state index in [4.69, 9.17) is 4.74 Å². The van der Waals surface area contributed by atoms with Gasteiger partial charge in [-0.1, -0.05) is 42.0 Å². The highest BCUT2D eigenvalue weighted by Crippen LogP contribution is 2.32. The Balaban J connectivity index is 1.73. The molecule has 2 aromatic carbocycles. The zero-order valence-electron chi connectivity index (χ0n) is 12.4. The zero-order chi connectivity index (χ0) is 13.9. The molecule has 104 valence electrons. The molecule has 1 nitrogen and oxygen atoms in total. The average molecular weight is 266 g/mol. The summed E-state index contributed by atoms with van der Waals surface area (Å²) >= 11 is 0. The number of ether oxygens (including phenoxy) is 1. The highest BCUT2D eigenvalue weighted by atomic mass is 16.5. The number of benzene rings is 2. The summed E-state index contributed by atoms with van der Waals surface area (Å²) in [6.45, 7) is 5.03. The molecular weight excluding hydrogens is 244 g/mol. The molecule has 1 heteroatoms. The van der Waals surface area contributed by atoms with E-state index in [-0.39, 0.29) is 0 Å². The van der Waals surface area contributed by atoms with Crippen molar-refractivity contribution in [2.75, 3.05) is 6.61 Å². The summed E-state index contributed by atoms with van der Waals surface area (Å²) in [5.74, 6) is 1.57. The molecule has 0 radical (unpaired) electrons. The van der Waals surface area contributed by atoms with Gasteiger partial charge in [-0.25, -0.2) is 0 Å². The Labute approximate surface area is 121 Å². The van der Waals surface area contributed by atoms with E-state index >= 15 is 0 Å². The molecule has 0 saturated carbocycles. The van der Waals surface area contributed by atoms with E-state index in [9.17, 15) is 0 Å². The van der Waals surface area contributed by atoms with Crippen LogP contribution >= 0.6 is 0 Å². The van der Waals surface area contributed by atoms with Gasteiger partial charge in [0.2, 0.25) is 0 Å². The largest absolute Gasteiger partial charge is 0.493 e. The van der Waals surface area contributed by atoms with Crippen LogP contribution in [0.15, 0.2) is 42.5 Å². The number of fused-ring (bicyclic) bond motifs is 1. The van der Waals surface area contributed by atoms with Gasteiger partial charge >= 0.3 is 0 Å². The lowest BCUT2D eigenvalue weighted by Crippen LogP contribution is -2.16. The molecule has 0 spiro atoms. The van der Waals surface area contributed by atoms with Crippen molar-refractivity contribution in [2.24, 2.45) is 0 Å². The molecule has 1 atom stereocenters. The van der Waals surface area contributed by atoms with E-state index in [0.717, 1.165) is 12.4 Å². The van der Waals surface area contributed by atoms with Crippen LogP contribution in [0.4, 0.5) is 0 Å². The van der Waals surface area contributed by atoms with Crippen molar-refractivity contribution in [1.82, 2.24) is 0 Å². The molecular formula is C19H22O. The Hall–Kier alpha value is -1.76. The molecule has 3 rings (SSSR count). The Morgan fingerprint density at radius 3 is 2.80 bits per heavy atom. The maximum atomic E-state index is 6.09. The van der Waals surface area contributed by atoms with Gasteiger partial charge in [-0.3, -0.25) is 0 Å². The van der Waals surface area contributed by atoms with Gasteiger partial charge in [-0.15, -0.1) is 0 Å². The van der Waals surface area contributed by atoms with Crippen molar-refractivity contribution >= 4 is 0 Å². The van der Waals surface area contributed by atoms with Gasteiger partial charge in [0, 0.05) is 5.92 Å². The maximum absolute atomic E-state index is 6.09. The summed E-state index contributed by atoms with van der Waals surface area (Å²) < 4.78 is 6.09. The second-order valence-corrected chi connectivity index (χ2v) is 5.87. The van der Waals surface area contributed by atoms with Crippen LogP contribution in [0.25, 0.3) is 0 Å². The monoisotopic (exact) mass is 266 g/mol. The normalized spacial score (nSPS) is 17.6. The molecule has 0 heterocycles. The van der Waals surface area contributed by atoms with Crippen LogP contribution in [0, 0.1) is 13.8 Å². The van der Waals surface area contributed by atoms with Crippen LogP contribution in [-0.4, -0.2) is 6.61 Å². The summed E-state index contributed by atoms with van der Waals surface area (Å²) in [7, 11) is 0. The third-order valence-electron chi connectivity index (χ3n) is 4.26. The molecule has 0 aromatic heterocycles. The number of hydrogen-bond donors (Lipinski definition) is 0. The fraction of sp³-hybridized carbons (Fsp3) is 0.368. The Bertz CT molecular complexity index is 600. The van der Waals surface area contributed by atoms with E-state index in [2.05, 4.69) is 56.3 Å². The average Bonchev–Trinajstić information content (AvgIpc) is 2.46. The molecule has 0 amide bonds. The number of hydrogen-bond acceptors (Lipinski definition) is 1. The molecule has 20 heavy (non-hydrogen) atoms. The lowest BCUT2D eigenvalue weighted by Gasteiger charge is -2.25. The lowest BCUT2D eigenvalue weighted by atomic mass is 9.83. The van der Waals surface area contributed by atoms with Gasteiger partial charge in [0.05, 0.1) is 6.61 Å². The first-order valence-corrected chi connectivity index (χ1v) is 7.52. The molecule has 0 fully saturated rings. The molecule has 0 saturated heterocycles. The second kappa shape index (κ2) is 5.70. The van der Waals surface area contributed by atoms with Crippen molar-refractivity contribution in [1.29, 1.82) is 0 Å². The quantitative estimate of drug-likeness (QED) is 0.775. The van der Waals surface area contributed by atoms with Crippen molar-refractivity contribution < 1.29 is 4.74 Å². The SMILES string of the molecule is Cc1ccc(OCC2CCCc3ccccc32)c(C)c1. The Morgan fingerprint density at radius 2 is 1.95 bits per heavy atom. The summed E-state index contributed by atoms with van der Waals surface area (Å²) in [5, 5.41) is 0. The maximum Gasteiger partial charge on any atom is 0.122 e. The van der Waals surface area contributed by atoms with E-state index in [0.29, 0.717) is 5.92 Å². The molecule has 0 bridgehead atoms. The fourth-order valence-corrected chi connectivity index (χ4v) is 3.18. The first kappa shape index (κ1) is 13.2. The summed E-state index contributed by atoms with van der Waals surface area (Å²) in [6, 6.07) is 15.2. The molecule has 0 aliphatic heterocycles. The van der Waals surface area contributed by atoms with E-state index in [1.165, 1.54) is 41.5 Å². The van der Waals surface area contributed by atoms with Crippen molar-refractivity contribution in [2.45, 2.75) is 39.0 Å². The van der Waals surface area contributed by atoms with Crippen LogP contribution in [0.5, 0.6) is 5.75 Å². The molecule has 1 unspecified atom stereocenters. The summed E-state index contributed by atoms with van der Waals surface area (Å²) in [5.41, 5.74) is 5.52. The number of aryl methyl sites for hydroxylation is 3. The zero-order valence-corrected chi connectivity index (χ0v) is 12.4. The molecule has 1 aliphatic rings. The fourth-order valence-electron chi connectivity index (χ4n) is 3.18. The van der Waals surface area contributed by atoms with Gasteiger partial charge in [-0.05, 0) is 55.9 Å². The van der Waals surface area contributed by atoms with Gasteiger partial charge in [0.15, 0.2) is 0 Å². The van der Waals surface area contributed by atoms with Crippen LogP contribution in [0.3, 0.4) is 0 Å². The second-order valence-electron chi connectivity index (χ2n) is 5.87. The van der Waals surface area contributed by atoms with E-state index < -0.39 is 0 Å². The minimum absolute atomic E-state index is 0.542. The predicted octanol–water partition coefficient (Wildman–Crippen LogP) is 4.80. The third-order valence-corrected chi connectivity index (χ3v) is 4.26. The minimum atomic E-state index is 0.542. The highest BCUT2D eigenvalue weighted by molar-refractivity contribution is 5.36. The van der Waals surface area contributed by atoms with Crippen molar-refractivity contribution in [3.8, 4) is 5.75 Å². The standard InChI is InChI=1S/C19H22O/c1-14-10-11-19(15(2)12-14)20-13-17-8-5-7-16-6-3-4-9-18(16)17/h3-4,6,9-12,17H,5,7-8,13H2,1-2H3. The van der Waals surface area contributed by atoms with Gasteiger partial charge in [0.1, 0.15) is 5.75 Å². The van der Waals surface area contributed by atoms with Crippen LogP contribution in [-0.2, 0) is 6.42 Å². The van der Waals surface area contributed by atoms with Crippen LogP contribution in [0.2, 0.25) is 0 Å². The van der Waals surface area contributed by atoms with Crippen molar-refractivity contribution in [3.05, 3.63) is 64.7 Å². The highest BCUT2D eigenvalue weighted by Gasteiger charge is 2.20. The van der Waals surface area contributed by atoms with Gasteiger partial charge < -0.3 is 4.74 Å². The first-order valence-electron chi connectivity index (χ1n) is 7.52. The van der Waals surface area contributed by atoms with Crippen molar-refractivity contribution in [3.63, 3.8) is 0 Å². The van der Waals surface area contributed by atoms with Crippen LogP contribution in [0.1, 0.15) is 41.0 Å². The Morgan fingerprint density at radius 1 is 1.10 bits per heavy atom. The minimum Gasteiger partial charge on any atom is -0.493 e. The topological polar surface area (TPSA) is 9.23 Å². The number of rotatable bonds is 3. The first-order chi connectivity index (χ1) is 9.74. The summed E-state index contributed by atoms with van der Waals surface area (Å²) in [6.07, 6.45) is 3.73. The molecule has 0 N–H and O–H groups in total. The summed E-state index contributed by atoms with van der Waals surface area (Å²) in [4.78, 5) is 0. The smallest absolute Gasteiger partial charge is 0.122 e. The van der Waals surface area contributed by atoms with Gasteiger partial charge in [0.25, 0.3) is 0 Å².